The van der Waals surface area contributed by atoms with Crippen molar-refractivity contribution in [1.82, 2.24) is 30.2 Å². The Morgan fingerprint density at radius 2 is 1.90 bits per heavy atom. The highest BCUT2D eigenvalue weighted by molar-refractivity contribution is 7.99. The Bertz CT molecular complexity index is 1100. The minimum Gasteiger partial charge on any atom is -0.381 e. The Hall–Kier alpha value is -2.64. The van der Waals surface area contributed by atoms with E-state index in [0.717, 1.165) is 11.8 Å². The lowest BCUT2D eigenvalue weighted by atomic mass is 10.2. The van der Waals surface area contributed by atoms with Crippen molar-refractivity contribution in [2.45, 2.75) is 16.4 Å². The van der Waals surface area contributed by atoms with Gasteiger partial charge in [-0.25, -0.2) is 14.7 Å². The average molecular weight is 467 g/mol. The van der Waals surface area contributed by atoms with Crippen molar-refractivity contribution < 1.29 is 27.5 Å². The summed E-state index contributed by atoms with van der Waals surface area (Å²) in [5.41, 5.74) is 0.0449. The van der Waals surface area contributed by atoms with E-state index in [2.05, 4.69) is 30.3 Å². The number of benzene rings is 1. The van der Waals surface area contributed by atoms with Gasteiger partial charge in [-0.2, -0.15) is 13.2 Å². The third-order valence-electron chi connectivity index (χ3n) is 3.34. The highest BCUT2D eigenvalue weighted by Crippen LogP contribution is 2.31. The fourth-order valence-electron chi connectivity index (χ4n) is 1.99. The smallest absolute Gasteiger partial charge is 0.381 e. The third kappa shape index (κ3) is 4.52. The molecule has 29 heavy (non-hydrogen) atoms. The molecule has 0 aliphatic rings. The van der Waals surface area contributed by atoms with Crippen LogP contribution in [-0.4, -0.2) is 48.3 Å². The number of hydrogen-bond acceptors (Lipinski definition) is 8. The molecule has 0 bridgehead atoms. The first-order valence-electron chi connectivity index (χ1n) is 7.35. The van der Waals surface area contributed by atoms with Crippen molar-refractivity contribution in [1.29, 1.82) is 0 Å². The van der Waals surface area contributed by atoms with E-state index in [0.29, 0.717) is 21.4 Å². The summed E-state index contributed by atoms with van der Waals surface area (Å²) >= 11 is 12.6. The highest BCUT2D eigenvalue weighted by atomic mass is 35.5. The molecule has 2 heterocycles. The van der Waals surface area contributed by atoms with E-state index in [1.165, 1.54) is 4.57 Å². The molecule has 0 fully saturated rings. The van der Waals surface area contributed by atoms with Crippen molar-refractivity contribution in [2.24, 2.45) is 7.05 Å². The van der Waals surface area contributed by atoms with Crippen LogP contribution in [0.5, 0.6) is 0 Å². The van der Waals surface area contributed by atoms with E-state index in [9.17, 15) is 22.8 Å². The van der Waals surface area contributed by atoms with E-state index in [-0.39, 0.29) is 10.2 Å². The molecule has 0 spiro atoms. The predicted molar refractivity (Wildman–Crippen MR) is 93.4 cm³/mol. The Kier molecular flexibility index (Phi) is 5.82. The normalized spacial score (nSPS) is 11.5. The average Bonchev–Trinajstić information content (AvgIpc) is 3.24. The van der Waals surface area contributed by atoms with Gasteiger partial charge in [0.15, 0.2) is 21.7 Å². The van der Waals surface area contributed by atoms with Gasteiger partial charge in [0, 0.05) is 12.6 Å². The second-order valence-corrected chi connectivity index (χ2v) is 7.03. The summed E-state index contributed by atoms with van der Waals surface area (Å²) in [5, 5.41) is 17.7. The lowest BCUT2D eigenvalue weighted by Gasteiger charge is -2.06. The Balaban J connectivity index is 1.83. The van der Waals surface area contributed by atoms with Crippen molar-refractivity contribution in [2.75, 3.05) is 0 Å². The zero-order chi connectivity index (χ0) is 21.3. The van der Waals surface area contributed by atoms with Crippen LogP contribution in [0.15, 0.2) is 28.4 Å². The zero-order valence-electron chi connectivity index (χ0n) is 14.0. The molecule has 1 aromatic carbocycles. The first kappa shape index (κ1) is 21.1. The number of nitrogens with one attached hydrogen (secondary N) is 1. The fourth-order valence-corrected chi connectivity index (χ4v) is 3.08. The maximum absolute atomic E-state index is 12.3. The second-order valence-electron chi connectivity index (χ2n) is 5.26. The molecule has 3 rings (SSSR count). The number of aromatic amines is 1. The molecule has 9 nitrogen and oxygen atoms in total. The molecule has 3 aromatic rings. The van der Waals surface area contributed by atoms with Gasteiger partial charge < -0.3 is 9.30 Å². The molecule has 152 valence electrons. The van der Waals surface area contributed by atoms with Crippen LogP contribution in [0.25, 0.3) is 11.4 Å². The lowest BCUT2D eigenvalue weighted by molar-refractivity contribution is -0.193. The molecule has 0 saturated heterocycles. The van der Waals surface area contributed by atoms with Crippen molar-refractivity contribution >= 4 is 46.9 Å². The number of ether oxygens (including phenoxy) is 1. The van der Waals surface area contributed by atoms with E-state index >= 15 is 0 Å². The molecule has 2 aromatic heterocycles. The monoisotopic (exact) mass is 466 g/mol. The highest BCUT2D eigenvalue weighted by Gasteiger charge is 2.43. The van der Waals surface area contributed by atoms with E-state index < -0.39 is 23.8 Å². The van der Waals surface area contributed by atoms with Crippen LogP contribution in [0, 0.1) is 0 Å². The van der Waals surface area contributed by atoms with Crippen LogP contribution in [-0.2, 0) is 16.6 Å². The molecule has 15 heteroatoms. The summed E-state index contributed by atoms with van der Waals surface area (Å²) in [6, 6.07) is 4.81. The summed E-state index contributed by atoms with van der Waals surface area (Å²) in [5.74, 6) is -3.86. The molecule has 0 atom stereocenters. The first-order chi connectivity index (χ1) is 13.6. The number of nitrogens with zero attached hydrogens (tertiary/aromatic N) is 5. The Morgan fingerprint density at radius 1 is 1.17 bits per heavy atom. The molecule has 1 N–H and O–H groups in total. The predicted octanol–water partition coefficient (Wildman–Crippen LogP) is 3.30. The molecule has 0 aliphatic heterocycles. The quantitative estimate of drug-likeness (QED) is 0.459. The van der Waals surface area contributed by atoms with Gasteiger partial charge in [0.25, 0.3) is 0 Å². The number of rotatable bonds is 4. The van der Waals surface area contributed by atoms with E-state index in [1.54, 1.807) is 25.2 Å². The maximum Gasteiger partial charge on any atom is 0.491 e. The number of alkyl halides is 3. The van der Waals surface area contributed by atoms with Crippen molar-refractivity contribution in [3.05, 3.63) is 33.9 Å². The number of carbonyl (C=O) groups is 2. The van der Waals surface area contributed by atoms with Gasteiger partial charge in [-0.05, 0) is 30.0 Å². The van der Waals surface area contributed by atoms with Crippen LogP contribution in [0.3, 0.4) is 0 Å². The van der Waals surface area contributed by atoms with Gasteiger partial charge in [0.1, 0.15) is 0 Å². The number of esters is 2. The summed E-state index contributed by atoms with van der Waals surface area (Å²) in [6.07, 6.45) is -5.32. The lowest BCUT2D eigenvalue weighted by Crippen LogP contribution is -2.28. The van der Waals surface area contributed by atoms with Crippen LogP contribution >= 0.6 is 35.0 Å². The summed E-state index contributed by atoms with van der Waals surface area (Å²) in [7, 11) is 1.60. The van der Waals surface area contributed by atoms with Gasteiger partial charge in [-0.3, -0.25) is 0 Å². The number of hydrogen-bond donors (Lipinski definition) is 1. The zero-order valence-corrected chi connectivity index (χ0v) is 16.3. The van der Waals surface area contributed by atoms with Gasteiger partial charge in [-0.15, -0.1) is 15.3 Å². The number of carbonyl (C=O) groups excluding carboxylic acids is 2. The molecule has 0 aliphatic carbocycles. The first-order valence-corrected chi connectivity index (χ1v) is 8.92. The molecule has 0 amide bonds. The number of H-pyrrole nitrogens is 1. The summed E-state index contributed by atoms with van der Waals surface area (Å²) < 4.78 is 42.1. The van der Waals surface area contributed by atoms with E-state index in [4.69, 9.17) is 23.2 Å². The summed E-state index contributed by atoms with van der Waals surface area (Å²) in [4.78, 5) is 22.6. The second kappa shape index (κ2) is 8.00. The fraction of sp³-hybridized carbons (Fsp3) is 0.143. The molecule has 0 radical (unpaired) electrons. The Morgan fingerprint density at radius 3 is 2.55 bits per heavy atom. The van der Waals surface area contributed by atoms with Gasteiger partial charge in [0.2, 0.25) is 0 Å². The SMILES string of the molecule is Cn1c(Sc2nn[nH]c2C(=O)OC(=O)C(F)(F)F)nnc1-c1ccc(Cl)c(Cl)c1. The van der Waals surface area contributed by atoms with Gasteiger partial charge in [-0.1, -0.05) is 28.4 Å². The topological polar surface area (TPSA) is 116 Å². The standard InChI is InChI=1S/C14H7Cl2F3N6O3S/c1-25-9(5-2-3-6(15)7(16)4-5)21-23-13(25)29-10-8(20-24-22-10)11(26)28-12(27)14(17,18)19/h2-4H,1H3,(H,20,22,24). The minimum absolute atomic E-state index is 0.166. The van der Waals surface area contributed by atoms with Crippen molar-refractivity contribution in [3.63, 3.8) is 0 Å². The molecule has 0 unspecified atom stereocenters. The minimum atomic E-state index is -5.32. The largest absolute Gasteiger partial charge is 0.491 e. The Labute approximate surface area is 173 Å². The van der Waals surface area contributed by atoms with Crippen LogP contribution in [0.4, 0.5) is 13.2 Å². The van der Waals surface area contributed by atoms with E-state index in [1.807, 2.05) is 0 Å². The van der Waals surface area contributed by atoms with Gasteiger partial charge >= 0.3 is 18.1 Å². The number of halogens is 5. The molecular formula is C14H7Cl2F3N6O3S. The van der Waals surface area contributed by atoms with Gasteiger partial charge in [0.05, 0.1) is 10.0 Å². The molecule has 0 saturated carbocycles. The maximum atomic E-state index is 12.3. The van der Waals surface area contributed by atoms with Crippen LogP contribution in [0.2, 0.25) is 10.0 Å². The number of aromatic nitrogens is 6. The third-order valence-corrected chi connectivity index (χ3v) is 5.09. The molecular weight excluding hydrogens is 460 g/mol. The summed E-state index contributed by atoms with van der Waals surface area (Å²) in [6.45, 7) is 0. The van der Waals surface area contributed by atoms with Crippen molar-refractivity contribution in [3.8, 4) is 11.4 Å². The van der Waals surface area contributed by atoms with Crippen LogP contribution in [0.1, 0.15) is 10.5 Å². The van der Waals surface area contributed by atoms with Crippen LogP contribution < -0.4 is 0 Å².